The molecule has 0 aliphatic carbocycles. The van der Waals surface area contributed by atoms with Gasteiger partial charge in [0.1, 0.15) is 0 Å². The van der Waals surface area contributed by atoms with Crippen LogP contribution in [0, 0.1) is 5.92 Å². The van der Waals surface area contributed by atoms with E-state index in [4.69, 9.17) is 0 Å². The SMILES string of the molecule is CCNc1ccncc1C(=O)N1CCN(CC(C)C)CC1. The van der Waals surface area contributed by atoms with E-state index in [9.17, 15) is 4.79 Å². The summed E-state index contributed by atoms with van der Waals surface area (Å²) in [4.78, 5) is 21.1. The molecule has 0 bridgehead atoms. The van der Waals surface area contributed by atoms with Crippen LogP contribution in [0.4, 0.5) is 5.69 Å². The molecule has 1 aliphatic rings. The average Bonchev–Trinajstić information content (AvgIpc) is 2.48. The third-order valence-corrected chi connectivity index (χ3v) is 3.70. The third-order valence-electron chi connectivity index (χ3n) is 3.70. The highest BCUT2D eigenvalue weighted by atomic mass is 16.2. The molecule has 0 spiro atoms. The molecule has 21 heavy (non-hydrogen) atoms. The highest BCUT2D eigenvalue weighted by Gasteiger charge is 2.24. The molecule has 116 valence electrons. The molecule has 5 nitrogen and oxygen atoms in total. The third kappa shape index (κ3) is 4.17. The number of carbonyl (C=O) groups excluding carboxylic acids is 1. The Morgan fingerprint density at radius 3 is 2.67 bits per heavy atom. The van der Waals surface area contributed by atoms with Crippen LogP contribution >= 0.6 is 0 Å². The van der Waals surface area contributed by atoms with Gasteiger partial charge in [-0.05, 0) is 18.9 Å². The summed E-state index contributed by atoms with van der Waals surface area (Å²) in [6.07, 6.45) is 3.39. The Morgan fingerprint density at radius 1 is 1.33 bits per heavy atom. The quantitative estimate of drug-likeness (QED) is 0.900. The van der Waals surface area contributed by atoms with Crippen LogP contribution in [-0.2, 0) is 0 Å². The molecule has 1 N–H and O–H groups in total. The molecule has 2 heterocycles. The van der Waals surface area contributed by atoms with E-state index in [1.165, 1.54) is 0 Å². The van der Waals surface area contributed by atoms with Crippen molar-refractivity contribution in [1.82, 2.24) is 14.8 Å². The van der Waals surface area contributed by atoms with E-state index in [1.807, 2.05) is 17.9 Å². The Morgan fingerprint density at radius 2 is 2.05 bits per heavy atom. The molecular weight excluding hydrogens is 264 g/mol. The Hall–Kier alpha value is -1.62. The van der Waals surface area contributed by atoms with Gasteiger partial charge in [0.25, 0.3) is 5.91 Å². The van der Waals surface area contributed by atoms with Gasteiger partial charge in [-0.2, -0.15) is 0 Å². The first-order chi connectivity index (χ1) is 10.1. The van der Waals surface area contributed by atoms with Crippen LogP contribution < -0.4 is 5.32 Å². The van der Waals surface area contributed by atoms with Gasteiger partial charge in [0, 0.05) is 51.7 Å². The average molecular weight is 290 g/mol. The van der Waals surface area contributed by atoms with Crippen molar-refractivity contribution in [3.05, 3.63) is 24.0 Å². The van der Waals surface area contributed by atoms with Crippen LogP contribution in [0.1, 0.15) is 31.1 Å². The molecule has 1 fully saturated rings. The predicted octanol–water partition coefficient (Wildman–Crippen LogP) is 1.93. The second-order valence-corrected chi connectivity index (χ2v) is 5.94. The van der Waals surface area contributed by atoms with Gasteiger partial charge in [0.2, 0.25) is 0 Å². The van der Waals surface area contributed by atoms with E-state index in [-0.39, 0.29) is 5.91 Å². The molecule has 0 saturated carbocycles. The van der Waals surface area contributed by atoms with Gasteiger partial charge < -0.3 is 10.2 Å². The highest BCUT2D eigenvalue weighted by molar-refractivity contribution is 5.99. The number of pyridine rings is 1. The van der Waals surface area contributed by atoms with Gasteiger partial charge >= 0.3 is 0 Å². The predicted molar refractivity (Wildman–Crippen MR) is 85.6 cm³/mol. The van der Waals surface area contributed by atoms with Crippen LogP contribution in [0.2, 0.25) is 0 Å². The van der Waals surface area contributed by atoms with Crippen LogP contribution in [0.25, 0.3) is 0 Å². The van der Waals surface area contributed by atoms with E-state index >= 15 is 0 Å². The zero-order valence-electron chi connectivity index (χ0n) is 13.3. The molecule has 0 aromatic carbocycles. The van der Waals surface area contributed by atoms with E-state index in [0.29, 0.717) is 11.5 Å². The summed E-state index contributed by atoms with van der Waals surface area (Å²) in [5.74, 6) is 0.758. The van der Waals surface area contributed by atoms with Crippen LogP contribution in [0.5, 0.6) is 0 Å². The van der Waals surface area contributed by atoms with E-state index < -0.39 is 0 Å². The number of hydrogen-bond donors (Lipinski definition) is 1. The van der Waals surface area contributed by atoms with Crippen molar-refractivity contribution < 1.29 is 4.79 Å². The number of nitrogens with zero attached hydrogens (tertiary/aromatic N) is 3. The van der Waals surface area contributed by atoms with Crippen molar-refractivity contribution in [1.29, 1.82) is 0 Å². The minimum absolute atomic E-state index is 0.0863. The first-order valence-electron chi connectivity index (χ1n) is 7.81. The molecule has 0 atom stereocenters. The highest BCUT2D eigenvalue weighted by Crippen LogP contribution is 2.17. The summed E-state index contributed by atoms with van der Waals surface area (Å²) >= 11 is 0. The van der Waals surface area contributed by atoms with Crippen molar-refractivity contribution >= 4 is 11.6 Å². The fourth-order valence-corrected chi connectivity index (χ4v) is 2.73. The number of rotatable bonds is 5. The topological polar surface area (TPSA) is 48.5 Å². The van der Waals surface area contributed by atoms with Crippen molar-refractivity contribution in [2.24, 2.45) is 5.92 Å². The number of hydrogen-bond acceptors (Lipinski definition) is 4. The minimum atomic E-state index is 0.0863. The fraction of sp³-hybridized carbons (Fsp3) is 0.625. The molecule has 2 rings (SSSR count). The molecule has 1 aromatic heterocycles. The first-order valence-corrected chi connectivity index (χ1v) is 7.81. The Bertz CT molecular complexity index is 467. The maximum Gasteiger partial charge on any atom is 0.257 e. The number of amides is 1. The van der Waals surface area contributed by atoms with Crippen molar-refractivity contribution in [2.45, 2.75) is 20.8 Å². The fourth-order valence-electron chi connectivity index (χ4n) is 2.73. The van der Waals surface area contributed by atoms with Crippen molar-refractivity contribution in [2.75, 3.05) is 44.6 Å². The van der Waals surface area contributed by atoms with Gasteiger partial charge in [0.15, 0.2) is 0 Å². The number of anilines is 1. The Balaban J connectivity index is 1.99. The number of carbonyl (C=O) groups is 1. The summed E-state index contributed by atoms with van der Waals surface area (Å²) in [6, 6.07) is 1.87. The molecule has 0 radical (unpaired) electrons. The van der Waals surface area contributed by atoms with Gasteiger partial charge in [-0.25, -0.2) is 0 Å². The summed E-state index contributed by atoms with van der Waals surface area (Å²) in [6.45, 7) is 11.9. The lowest BCUT2D eigenvalue weighted by molar-refractivity contribution is 0.0624. The maximum atomic E-state index is 12.7. The second kappa shape index (κ2) is 7.41. The van der Waals surface area contributed by atoms with Gasteiger partial charge in [-0.1, -0.05) is 13.8 Å². The summed E-state index contributed by atoms with van der Waals surface area (Å²) < 4.78 is 0. The number of aromatic nitrogens is 1. The zero-order valence-corrected chi connectivity index (χ0v) is 13.3. The Labute approximate surface area is 127 Å². The van der Waals surface area contributed by atoms with E-state index in [1.54, 1.807) is 12.4 Å². The second-order valence-electron chi connectivity index (χ2n) is 5.94. The maximum absolute atomic E-state index is 12.7. The zero-order chi connectivity index (χ0) is 15.2. The normalized spacial score (nSPS) is 16.3. The first kappa shape index (κ1) is 15.8. The molecule has 1 aliphatic heterocycles. The molecule has 1 saturated heterocycles. The monoisotopic (exact) mass is 290 g/mol. The van der Waals surface area contributed by atoms with Crippen LogP contribution in [0.3, 0.4) is 0 Å². The van der Waals surface area contributed by atoms with Gasteiger partial charge in [-0.15, -0.1) is 0 Å². The van der Waals surface area contributed by atoms with Crippen LogP contribution in [0.15, 0.2) is 18.5 Å². The Kier molecular flexibility index (Phi) is 5.56. The summed E-state index contributed by atoms with van der Waals surface area (Å²) in [7, 11) is 0. The molecule has 5 heteroatoms. The standard InChI is InChI=1S/C16H26N4O/c1-4-18-15-5-6-17-11-14(15)16(21)20-9-7-19(8-10-20)12-13(2)3/h5-6,11,13H,4,7-10,12H2,1-3H3,(H,17,18). The lowest BCUT2D eigenvalue weighted by Crippen LogP contribution is -2.49. The largest absolute Gasteiger partial charge is 0.385 e. The molecular formula is C16H26N4O. The van der Waals surface area contributed by atoms with Gasteiger partial charge in [-0.3, -0.25) is 14.7 Å². The summed E-state index contributed by atoms with van der Waals surface area (Å²) in [5.41, 5.74) is 1.55. The van der Waals surface area contributed by atoms with E-state index in [2.05, 4.69) is 29.0 Å². The van der Waals surface area contributed by atoms with Crippen molar-refractivity contribution in [3.8, 4) is 0 Å². The lowest BCUT2D eigenvalue weighted by Gasteiger charge is -2.35. The summed E-state index contributed by atoms with van der Waals surface area (Å²) in [5, 5.41) is 3.23. The van der Waals surface area contributed by atoms with Crippen LogP contribution in [-0.4, -0.2) is 60.0 Å². The molecule has 0 unspecified atom stereocenters. The minimum Gasteiger partial charge on any atom is -0.385 e. The van der Waals surface area contributed by atoms with E-state index in [0.717, 1.165) is 45.0 Å². The number of nitrogens with one attached hydrogen (secondary N) is 1. The van der Waals surface area contributed by atoms with Crippen molar-refractivity contribution in [3.63, 3.8) is 0 Å². The molecule has 1 amide bonds. The lowest BCUT2D eigenvalue weighted by atomic mass is 10.1. The smallest absolute Gasteiger partial charge is 0.257 e. The number of piperazine rings is 1. The van der Waals surface area contributed by atoms with Gasteiger partial charge in [0.05, 0.1) is 11.3 Å². The molecule has 1 aromatic rings.